The van der Waals surface area contributed by atoms with E-state index in [-0.39, 0.29) is 4.57 Å². The predicted octanol–water partition coefficient (Wildman–Crippen LogP) is 1.20. The van der Waals surface area contributed by atoms with Gasteiger partial charge in [0.25, 0.3) is 11.2 Å². The minimum absolute atomic E-state index is 0.0831. The van der Waals surface area contributed by atoms with Gasteiger partial charge >= 0.3 is 6.55 Å². The lowest BCUT2D eigenvalue weighted by Gasteiger charge is -2.08. The van der Waals surface area contributed by atoms with Gasteiger partial charge in [0.1, 0.15) is 0 Å². The highest BCUT2D eigenvalue weighted by atomic mass is 19.3. The van der Waals surface area contributed by atoms with Crippen molar-refractivity contribution in [3.8, 4) is 0 Å². The number of aromatic nitrogens is 1. The molecular formula is C8H8F2N2O4. The molecule has 0 fully saturated rings. The van der Waals surface area contributed by atoms with E-state index in [1.807, 2.05) is 0 Å². The van der Waals surface area contributed by atoms with Crippen LogP contribution in [-0.2, 0) is 0 Å². The van der Waals surface area contributed by atoms with E-state index in [4.69, 9.17) is 5.11 Å². The normalized spacial score (nSPS) is 12.8. The van der Waals surface area contributed by atoms with Crippen LogP contribution in [0.2, 0.25) is 0 Å². The topological polar surface area (TPSA) is 85.4 Å². The summed E-state index contributed by atoms with van der Waals surface area (Å²) in [4.78, 5) is 20.8. The molecule has 1 rings (SSSR count). The maximum Gasteiger partial charge on any atom is 0.321 e. The second-order valence-corrected chi connectivity index (χ2v) is 3.08. The quantitative estimate of drug-likeness (QED) is 0.629. The average molecular weight is 234 g/mol. The van der Waals surface area contributed by atoms with Gasteiger partial charge in [-0.2, -0.15) is 8.78 Å². The fourth-order valence-electron chi connectivity index (χ4n) is 1.15. The summed E-state index contributed by atoms with van der Waals surface area (Å²) in [7, 11) is 0. The first-order valence-corrected chi connectivity index (χ1v) is 4.21. The molecule has 88 valence electrons. The van der Waals surface area contributed by atoms with Crippen molar-refractivity contribution in [1.82, 2.24) is 4.57 Å². The van der Waals surface area contributed by atoms with Gasteiger partial charge < -0.3 is 5.11 Å². The SMILES string of the molecule is C[C@H](O)c1cc([N+](=O)[O-])cn(C(F)F)c1=O. The fourth-order valence-corrected chi connectivity index (χ4v) is 1.15. The van der Waals surface area contributed by atoms with Gasteiger partial charge in [-0.1, -0.05) is 0 Å². The van der Waals surface area contributed by atoms with Crippen LogP contribution in [0.5, 0.6) is 0 Å². The molecule has 0 radical (unpaired) electrons. The Labute approximate surface area is 87.9 Å². The van der Waals surface area contributed by atoms with Crippen molar-refractivity contribution in [2.45, 2.75) is 19.6 Å². The van der Waals surface area contributed by atoms with Crippen molar-refractivity contribution < 1.29 is 18.8 Å². The van der Waals surface area contributed by atoms with E-state index in [2.05, 4.69) is 0 Å². The lowest BCUT2D eigenvalue weighted by atomic mass is 10.1. The molecule has 1 N–H and O–H groups in total. The van der Waals surface area contributed by atoms with E-state index in [9.17, 15) is 23.7 Å². The number of halogens is 2. The van der Waals surface area contributed by atoms with Crippen molar-refractivity contribution in [3.63, 3.8) is 0 Å². The van der Waals surface area contributed by atoms with Crippen LogP contribution in [-0.4, -0.2) is 14.6 Å². The number of nitro groups is 1. The zero-order valence-electron chi connectivity index (χ0n) is 8.13. The molecule has 0 aliphatic heterocycles. The number of aliphatic hydroxyl groups excluding tert-OH is 1. The molecule has 1 heterocycles. The lowest BCUT2D eigenvalue weighted by Crippen LogP contribution is -2.25. The average Bonchev–Trinajstić information content (AvgIpc) is 2.16. The Kier molecular flexibility index (Phi) is 3.33. The number of alkyl halides is 2. The van der Waals surface area contributed by atoms with E-state index in [0.29, 0.717) is 6.20 Å². The third kappa shape index (κ3) is 2.22. The van der Waals surface area contributed by atoms with Crippen molar-refractivity contribution in [2.24, 2.45) is 0 Å². The first kappa shape index (κ1) is 12.2. The molecule has 0 aromatic carbocycles. The summed E-state index contributed by atoms with van der Waals surface area (Å²) in [5.41, 5.74) is -2.25. The minimum atomic E-state index is -3.19. The van der Waals surface area contributed by atoms with Gasteiger partial charge in [-0.05, 0) is 6.92 Å². The van der Waals surface area contributed by atoms with E-state index < -0.39 is 34.4 Å². The van der Waals surface area contributed by atoms with Crippen molar-refractivity contribution in [3.05, 3.63) is 38.3 Å². The molecule has 0 unspecified atom stereocenters. The zero-order chi connectivity index (χ0) is 12.5. The zero-order valence-corrected chi connectivity index (χ0v) is 8.13. The van der Waals surface area contributed by atoms with Gasteiger partial charge in [-0.25, -0.2) is 0 Å². The van der Waals surface area contributed by atoms with Crippen molar-refractivity contribution >= 4 is 5.69 Å². The summed E-state index contributed by atoms with van der Waals surface area (Å²) in [6, 6.07) is 0.784. The highest BCUT2D eigenvalue weighted by Crippen LogP contribution is 2.18. The molecular weight excluding hydrogens is 226 g/mol. The van der Waals surface area contributed by atoms with Crippen LogP contribution in [0, 0.1) is 10.1 Å². The Morgan fingerprint density at radius 1 is 1.56 bits per heavy atom. The third-order valence-electron chi connectivity index (χ3n) is 1.93. The van der Waals surface area contributed by atoms with Gasteiger partial charge in [-0.3, -0.25) is 19.5 Å². The minimum Gasteiger partial charge on any atom is -0.388 e. The molecule has 1 aromatic rings. The molecule has 0 amide bonds. The molecule has 1 atom stereocenters. The summed E-state index contributed by atoms with van der Waals surface area (Å²) in [5, 5.41) is 19.6. The summed E-state index contributed by atoms with van der Waals surface area (Å²) < 4.78 is 24.7. The Balaban J connectivity index is 3.52. The second kappa shape index (κ2) is 4.35. The highest BCUT2D eigenvalue weighted by molar-refractivity contribution is 5.31. The molecule has 0 bridgehead atoms. The summed E-state index contributed by atoms with van der Waals surface area (Å²) >= 11 is 0. The lowest BCUT2D eigenvalue weighted by molar-refractivity contribution is -0.385. The molecule has 0 spiro atoms. The largest absolute Gasteiger partial charge is 0.388 e. The standard InChI is InChI=1S/C8H8F2N2O4/c1-4(13)6-2-5(12(15)16)3-11(7(6)14)8(9)10/h2-4,8,13H,1H3/t4-/m0/s1. The summed E-state index contributed by atoms with van der Waals surface area (Å²) in [5.74, 6) is 0. The van der Waals surface area contributed by atoms with E-state index in [1.165, 1.54) is 0 Å². The van der Waals surface area contributed by atoms with Gasteiger partial charge in [-0.15, -0.1) is 0 Å². The third-order valence-corrected chi connectivity index (χ3v) is 1.93. The van der Waals surface area contributed by atoms with Crippen LogP contribution in [0.3, 0.4) is 0 Å². The molecule has 0 saturated heterocycles. The summed E-state index contributed by atoms with van der Waals surface area (Å²) in [6.07, 6.45) is -0.906. The number of pyridine rings is 1. The maximum absolute atomic E-state index is 12.4. The first-order chi connectivity index (χ1) is 7.34. The monoisotopic (exact) mass is 234 g/mol. The van der Waals surface area contributed by atoms with Crippen LogP contribution in [0.25, 0.3) is 0 Å². The predicted molar refractivity (Wildman–Crippen MR) is 49.2 cm³/mol. The van der Waals surface area contributed by atoms with E-state index >= 15 is 0 Å². The van der Waals surface area contributed by atoms with Crippen LogP contribution in [0.15, 0.2) is 17.1 Å². The number of hydrogen-bond acceptors (Lipinski definition) is 4. The molecule has 1 aromatic heterocycles. The number of hydrogen-bond donors (Lipinski definition) is 1. The smallest absolute Gasteiger partial charge is 0.321 e. The van der Waals surface area contributed by atoms with E-state index in [0.717, 1.165) is 13.0 Å². The number of nitrogens with zero attached hydrogens (tertiary/aromatic N) is 2. The number of aliphatic hydroxyl groups is 1. The maximum atomic E-state index is 12.4. The van der Waals surface area contributed by atoms with Crippen molar-refractivity contribution in [1.29, 1.82) is 0 Å². The van der Waals surface area contributed by atoms with E-state index in [1.54, 1.807) is 0 Å². The molecule has 6 nitrogen and oxygen atoms in total. The van der Waals surface area contributed by atoms with Crippen LogP contribution in [0.4, 0.5) is 14.5 Å². The van der Waals surface area contributed by atoms with Gasteiger partial charge in [0.15, 0.2) is 0 Å². The molecule has 0 aliphatic carbocycles. The van der Waals surface area contributed by atoms with Gasteiger partial charge in [0.05, 0.1) is 22.8 Å². The second-order valence-electron chi connectivity index (χ2n) is 3.08. The van der Waals surface area contributed by atoms with Crippen LogP contribution in [0.1, 0.15) is 25.1 Å². The first-order valence-electron chi connectivity index (χ1n) is 4.21. The van der Waals surface area contributed by atoms with Gasteiger partial charge in [0.2, 0.25) is 0 Å². The van der Waals surface area contributed by atoms with Crippen LogP contribution < -0.4 is 5.56 Å². The molecule has 16 heavy (non-hydrogen) atoms. The Bertz CT molecular complexity index is 437. The highest BCUT2D eigenvalue weighted by Gasteiger charge is 2.20. The van der Waals surface area contributed by atoms with Crippen molar-refractivity contribution in [2.75, 3.05) is 0 Å². The Morgan fingerprint density at radius 2 is 2.12 bits per heavy atom. The van der Waals surface area contributed by atoms with Gasteiger partial charge in [0, 0.05) is 6.07 Å². The Morgan fingerprint density at radius 3 is 2.50 bits per heavy atom. The molecule has 0 aliphatic rings. The van der Waals surface area contributed by atoms with Crippen LogP contribution >= 0.6 is 0 Å². The molecule has 0 saturated carbocycles. The fraction of sp³-hybridized carbons (Fsp3) is 0.375. The molecule has 8 heteroatoms. The summed E-state index contributed by atoms with van der Waals surface area (Å²) in [6.45, 7) is -2.03. The number of rotatable bonds is 3. The Hall–Kier alpha value is -1.83.